The van der Waals surface area contributed by atoms with Gasteiger partial charge in [0.05, 0.1) is 18.7 Å². The van der Waals surface area contributed by atoms with Gasteiger partial charge in [0.25, 0.3) is 0 Å². The third-order valence-corrected chi connectivity index (χ3v) is 6.58. The van der Waals surface area contributed by atoms with Crippen LogP contribution in [0.3, 0.4) is 0 Å². The van der Waals surface area contributed by atoms with E-state index in [1.165, 1.54) is 10.9 Å². The molecule has 0 atom stereocenters. The van der Waals surface area contributed by atoms with Crippen molar-refractivity contribution in [3.8, 4) is 17.1 Å². The Morgan fingerprint density at radius 1 is 0.973 bits per heavy atom. The van der Waals surface area contributed by atoms with Crippen LogP contribution in [0.2, 0.25) is 0 Å². The zero-order valence-electron chi connectivity index (χ0n) is 22.8. The number of benzene rings is 2. The normalized spacial score (nSPS) is 13.9. The van der Waals surface area contributed by atoms with Crippen molar-refractivity contribution >= 4 is 27.6 Å². The number of nitrogens with zero attached hydrogens (tertiary/aromatic N) is 4. The number of ether oxygens (including phenoxy) is 2. The van der Waals surface area contributed by atoms with Crippen molar-refractivity contribution in [2.45, 2.75) is 40.5 Å². The second-order valence-corrected chi connectivity index (χ2v) is 9.10. The first-order chi connectivity index (χ1) is 18.3. The molecule has 1 saturated heterocycles. The summed E-state index contributed by atoms with van der Waals surface area (Å²) < 4.78 is 11.5. The van der Waals surface area contributed by atoms with E-state index >= 15 is 0 Å². The van der Waals surface area contributed by atoms with Crippen LogP contribution in [-0.2, 0) is 4.74 Å². The molecule has 0 aliphatic carbocycles. The van der Waals surface area contributed by atoms with Gasteiger partial charge in [0, 0.05) is 60.8 Å². The topological polar surface area (TPSA) is 66.5 Å². The molecule has 1 aliphatic heterocycles. The Morgan fingerprint density at radius 2 is 1.73 bits per heavy atom. The molecule has 0 saturated carbocycles. The van der Waals surface area contributed by atoms with E-state index in [-0.39, 0.29) is 0 Å². The molecule has 0 amide bonds. The Labute approximate surface area is 220 Å². The largest absolute Gasteiger partial charge is 0.462 e. The van der Waals surface area contributed by atoms with E-state index in [4.69, 9.17) is 19.4 Å². The fourth-order valence-electron chi connectivity index (χ4n) is 4.83. The highest BCUT2D eigenvalue weighted by Crippen LogP contribution is 2.34. The van der Waals surface area contributed by atoms with Gasteiger partial charge < -0.3 is 19.4 Å². The minimum absolute atomic E-state index is 0.456. The highest BCUT2D eigenvalue weighted by Gasteiger charge is 2.17. The maximum atomic E-state index is 6.09. The highest BCUT2D eigenvalue weighted by molar-refractivity contribution is 5.99. The van der Waals surface area contributed by atoms with Crippen molar-refractivity contribution in [1.82, 2.24) is 19.9 Å². The van der Waals surface area contributed by atoms with Gasteiger partial charge in [-0.05, 0) is 36.6 Å². The average molecular weight is 504 g/mol. The van der Waals surface area contributed by atoms with Crippen molar-refractivity contribution in [3.63, 3.8) is 0 Å². The van der Waals surface area contributed by atoms with Crippen LogP contribution in [0.15, 0.2) is 48.7 Å². The molecule has 1 fully saturated rings. The lowest BCUT2D eigenvalue weighted by Crippen LogP contribution is -2.38. The molecule has 37 heavy (non-hydrogen) atoms. The molecule has 2 aromatic heterocycles. The fourth-order valence-corrected chi connectivity index (χ4v) is 4.83. The van der Waals surface area contributed by atoms with Crippen molar-refractivity contribution in [3.05, 3.63) is 48.7 Å². The number of hydrogen-bond acceptors (Lipinski definition) is 6. The minimum atomic E-state index is 0.456. The van der Waals surface area contributed by atoms with Crippen molar-refractivity contribution in [1.29, 1.82) is 0 Å². The number of aromatic nitrogens is 3. The number of hydrogen-bond donors (Lipinski definition) is 1. The predicted octanol–water partition coefficient (Wildman–Crippen LogP) is 6.14. The molecule has 5 rings (SSSR count). The van der Waals surface area contributed by atoms with Crippen LogP contribution in [-0.4, -0.2) is 72.4 Å². The number of aromatic amines is 1. The summed E-state index contributed by atoms with van der Waals surface area (Å²) in [5.41, 5.74) is 4.41. The number of morpholine rings is 1. The lowest BCUT2D eigenvalue weighted by atomic mass is 10.0. The Bertz CT molecular complexity index is 1260. The van der Waals surface area contributed by atoms with Gasteiger partial charge in [-0.15, -0.1) is 0 Å². The first-order valence-corrected chi connectivity index (χ1v) is 13.8. The van der Waals surface area contributed by atoms with E-state index in [0.29, 0.717) is 12.6 Å². The van der Waals surface area contributed by atoms with Gasteiger partial charge >= 0.3 is 6.01 Å². The van der Waals surface area contributed by atoms with E-state index in [1.807, 2.05) is 13.8 Å². The Kier molecular flexibility index (Phi) is 9.74. The van der Waals surface area contributed by atoms with Crippen molar-refractivity contribution in [2.75, 3.05) is 57.4 Å². The van der Waals surface area contributed by atoms with Gasteiger partial charge in [0.2, 0.25) is 0 Å². The zero-order chi connectivity index (χ0) is 26.0. The van der Waals surface area contributed by atoms with Gasteiger partial charge in [-0.2, -0.15) is 9.97 Å². The molecule has 4 aromatic rings. The number of para-hydroxylation sites is 1. The van der Waals surface area contributed by atoms with Crippen LogP contribution in [0, 0.1) is 0 Å². The zero-order valence-corrected chi connectivity index (χ0v) is 22.8. The standard InChI is InChI=1S/C28H35N5O2.C2H6/c1-3-11-33(12-4-2)27-23-19-21(24-20-29-25-8-6-5-7-22(24)25)9-10-26(23)30-28(31-27)35-18-15-32-13-16-34-17-14-32;1-2/h5-10,19-20,29H,3-4,11-18H2,1-2H3;1-2H3. The first-order valence-electron chi connectivity index (χ1n) is 13.8. The Morgan fingerprint density at radius 3 is 2.49 bits per heavy atom. The van der Waals surface area contributed by atoms with Gasteiger partial charge in [-0.1, -0.05) is 52.0 Å². The summed E-state index contributed by atoms with van der Waals surface area (Å²) in [5, 5.41) is 2.28. The molecule has 0 bridgehead atoms. The van der Waals surface area contributed by atoms with Gasteiger partial charge in [-0.25, -0.2) is 0 Å². The number of nitrogens with one attached hydrogen (secondary N) is 1. The summed E-state index contributed by atoms with van der Waals surface area (Å²) in [4.78, 5) is 17.9. The third-order valence-electron chi connectivity index (χ3n) is 6.58. The maximum absolute atomic E-state index is 6.09. The minimum Gasteiger partial charge on any atom is -0.462 e. The van der Waals surface area contributed by atoms with E-state index in [9.17, 15) is 0 Å². The van der Waals surface area contributed by atoms with Gasteiger partial charge in [-0.3, -0.25) is 4.90 Å². The fraction of sp³-hybridized carbons (Fsp3) is 0.467. The molecule has 0 unspecified atom stereocenters. The second kappa shape index (κ2) is 13.4. The second-order valence-electron chi connectivity index (χ2n) is 9.10. The molecule has 198 valence electrons. The van der Waals surface area contributed by atoms with E-state index in [2.05, 4.69) is 77.3 Å². The number of fused-ring (bicyclic) bond motifs is 2. The molecule has 7 heteroatoms. The molecule has 7 nitrogen and oxygen atoms in total. The summed E-state index contributed by atoms with van der Waals surface area (Å²) in [6.45, 7) is 15.2. The van der Waals surface area contributed by atoms with Crippen LogP contribution in [0.1, 0.15) is 40.5 Å². The SMILES string of the molecule is CC.CCCN(CCC)c1nc(OCCN2CCOCC2)nc2ccc(-c3c[nH]c4ccccc34)cc12. The van der Waals surface area contributed by atoms with Crippen molar-refractivity contribution < 1.29 is 9.47 Å². The number of anilines is 1. The van der Waals surface area contributed by atoms with E-state index < -0.39 is 0 Å². The molecule has 0 radical (unpaired) electrons. The molecular formula is C30H41N5O2. The van der Waals surface area contributed by atoms with Crippen LogP contribution in [0.5, 0.6) is 6.01 Å². The quantitative estimate of drug-likeness (QED) is 0.280. The maximum Gasteiger partial charge on any atom is 0.318 e. The van der Waals surface area contributed by atoms with Crippen LogP contribution in [0.4, 0.5) is 5.82 Å². The van der Waals surface area contributed by atoms with Crippen LogP contribution in [0.25, 0.3) is 32.9 Å². The molecule has 1 N–H and O–H groups in total. The number of H-pyrrole nitrogens is 1. The lowest BCUT2D eigenvalue weighted by Gasteiger charge is -2.26. The van der Waals surface area contributed by atoms with E-state index in [0.717, 1.165) is 86.6 Å². The van der Waals surface area contributed by atoms with Gasteiger partial charge in [0.15, 0.2) is 0 Å². The Balaban J connectivity index is 0.00000156. The predicted molar refractivity (Wildman–Crippen MR) is 154 cm³/mol. The molecular weight excluding hydrogens is 462 g/mol. The summed E-state index contributed by atoms with van der Waals surface area (Å²) in [6.07, 6.45) is 4.20. The summed E-state index contributed by atoms with van der Waals surface area (Å²) in [7, 11) is 0. The van der Waals surface area contributed by atoms with Gasteiger partial charge in [0.1, 0.15) is 12.4 Å². The molecule has 3 heterocycles. The summed E-state index contributed by atoms with van der Waals surface area (Å²) in [5.74, 6) is 0.960. The van der Waals surface area contributed by atoms with Crippen LogP contribution < -0.4 is 9.64 Å². The first kappa shape index (κ1) is 26.9. The van der Waals surface area contributed by atoms with Crippen LogP contribution >= 0.6 is 0 Å². The molecule has 0 spiro atoms. The third kappa shape index (κ3) is 6.40. The Hall–Kier alpha value is -3.16. The van der Waals surface area contributed by atoms with Crippen molar-refractivity contribution in [2.24, 2.45) is 0 Å². The summed E-state index contributed by atoms with van der Waals surface area (Å²) >= 11 is 0. The monoisotopic (exact) mass is 503 g/mol. The van der Waals surface area contributed by atoms with E-state index in [1.54, 1.807) is 0 Å². The molecule has 1 aliphatic rings. The molecule has 2 aromatic carbocycles. The highest BCUT2D eigenvalue weighted by atomic mass is 16.5. The lowest BCUT2D eigenvalue weighted by molar-refractivity contribution is 0.0317. The smallest absolute Gasteiger partial charge is 0.318 e. The summed E-state index contributed by atoms with van der Waals surface area (Å²) in [6, 6.07) is 15.4. The number of rotatable bonds is 10. The average Bonchev–Trinajstić information content (AvgIpc) is 3.38.